The molecule has 10 nitrogen and oxygen atoms in total. The summed E-state index contributed by atoms with van der Waals surface area (Å²) in [6.07, 6.45) is -0.713. The van der Waals surface area contributed by atoms with E-state index in [1.807, 2.05) is 13.8 Å². The summed E-state index contributed by atoms with van der Waals surface area (Å²) in [6.45, 7) is 5.50. The van der Waals surface area contributed by atoms with Crippen molar-refractivity contribution >= 4 is 33.3 Å². The van der Waals surface area contributed by atoms with E-state index in [0.717, 1.165) is 5.56 Å². The molecule has 230 valence electrons. The molecule has 0 radical (unpaired) electrons. The van der Waals surface area contributed by atoms with Crippen molar-refractivity contribution in [2.75, 3.05) is 37.4 Å². The van der Waals surface area contributed by atoms with Gasteiger partial charge in [0.2, 0.25) is 15.9 Å². The number of halogens is 1. The maximum atomic E-state index is 13.5. The molecule has 0 spiro atoms. The fraction of sp³-hybridized carbons (Fsp3) is 0.355. The first-order chi connectivity index (χ1) is 20.4. The highest BCUT2D eigenvalue weighted by molar-refractivity contribution is 7.89. The molecule has 0 aliphatic carbocycles. The molecule has 3 aromatic rings. The molecule has 4 rings (SSSR count). The highest BCUT2D eigenvalue weighted by Crippen LogP contribution is 2.30. The summed E-state index contributed by atoms with van der Waals surface area (Å²) in [5, 5.41) is 15.2. The zero-order chi connectivity index (χ0) is 31.3. The van der Waals surface area contributed by atoms with Gasteiger partial charge in [0, 0.05) is 36.4 Å². The number of nitrogens with one attached hydrogen (secondary N) is 2. The number of urea groups is 1. The second-order valence-corrected chi connectivity index (χ2v) is 12.9. The summed E-state index contributed by atoms with van der Waals surface area (Å²) in [5.41, 5.74) is 2.22. The van der Waals surface area contributed by atoms with Crippen molar-refractivity contribution in [1.82, 2.24) is 9.21 Å². The number of likely N-dealkylation sites (N-methyl/N-ethyl adjacent to an activating group) is 1. The van der Waals surface area contributed by atoms with Gasteiger partial charge in [-0.2, -0.15) is 4.31 Å². The molecule has 0 fully saturated rings. The summed E-state index contributed by atoms with van der Waals surface area (Å²) in [4.78, 5) is 27.8. The Morgan fingerprint density at radius 3 is 2.37 bits per heavy atom. The smallest absolute Gasteiger partial charge is 0.323 e. The van der Waals surface area contributed by atoms with Crippen molar-refractivity contribution in [3.8, 4) is 5.75 Å². The van der Waals surface area contributed by atoms with Crippen LogP contribution in [0.2, 0.25) is 0 Å². The Kier molecular flexibility index (Phi) is 10.0. The average Bonchev–Trinajstić information content (AvgIpc) is 3.01. The van der Waals surface area contributed by atoms with Crippen molar-refractivity contribution < 1.29 is 32.2 Å². The number of amides is 3. The Bertz CT molecular complexity index is 1550. The summed E-state index contributed by atoms with van der Waals surface area (Å²) >= 11 is 0. The second kappa shape index (κ2) is 13.5. The number of sulfonamides is 1. The average molecular weight is 613 g/mol. The maximum absolute atomic E-state index is 13.5. The highest BCUT2D eigenvalue weighted by Gasteiger charge is 2.33. The third kappa shape index (κ3) is 7.89. The van der Waals surface area contributed by atoms with Crippen LogP contribution in [0.4, 0.5) is 20.6 Å². The van der Waals surface area contributed by atoms with E-state index in [-0.39, 0.29) is 42.8 Å². The molecule has 0 aromatic heterocycles. The van der Waals surface area contributed by atoms with Gasteiger partial charge in [-0.05, 0) is 68.4 Å². The minimum atomic E-state index is -3.82. The van der Waals surface area contributed by atoms with E-state index >= 15 is 0 Å². The van der Waals surface area contributed by atoms with Crippen molar-refractivity contribution in [3.05, 3.63) is 83.7 Å². The minimum Gasteiger partial charge on any atom is -0.488 e. The van der Waals surface area contributed by atoms with Gasteiger partial charge in [-0.1, -0.05) is 24.6 Å². The van der Waals surface area contributed by atoms with Gasteiger partial charge >= 0.3 is 6.03 Å². The predicted octanol–water partition coefficient (Wildman–Crippen LogP) is 4.25. The van der Waals surface area contributed by atoms with Gasteiger partial charge in [0.15, 0.2) is 0 Å². The van der Waals surface area contributed by atoms with Gasteiger partial charge in [0.25, 0.3) is 0 Å². The molecule has 3 aromatic carbocycles. The number of aliphatic hydroxyl groups excluding tert-OH is 1. The molecule has 43 heavy (non-hydrogen) atoms. The van der Waals surface area contributed by atoms with Crippen molar-refractivity contribution in [2.45, 2.75) is 44.2 Å². The number of carbonyl (C=O) groups is 2. The highest BCUT2D eigenvalue weighted by atomic mass is 32.2. The van der Waals surface area contributed by atoms with Crippen LogP contribution < -0.4 is 15.4 Å². The first kappa shape index (κ1) is 31.9. The van der Waals surface area contributed by atoms with Crippen LogP contribution in [0.1, 0.15) is 25.0 Å². The zero-order valence-corrected chi connectivity index (χ0v) is 25.4. The van der Waals surface area contributed by atoms with Crippen molar-refractivity contribution in [2.24, 2.45) is 5.92 Å². The molecule has 0 saturated heterocycles. The minimum absolute atomic E-state index is 0.00638. The lowest BCUT2D eigenvalue weighted by Gasteiger charge is -2.33. The molecule has 1 aliphatic rings. The lowest BCUT2D eigenvalue weighted by molar-refractivity contribution is -0.134. The number of rotatable bonds is 8. The standard InChI is InChI=1S/C31H37FN4O6S/c1-20-5-12-27(13-6-20)43(40,41)35(4)18-29-21(2)17-36(22(3)19-37)30(38)16-23-15-26(11-14-28(23)42-29)34-31(39)33-25-9-7-24(32)8-10-25/h5-15,21-22,29,37H,16-19H2,1-4H3,(H2,33,34,39)/t21-,22-,29+/m0/s1. The molecular weight excluding hydrogens is 575 g/mol. The Labute approximate surface area is 251 Å². The van der Waals surface area contributed by atoms with E-state index in [4.69, 9.17) is 4.74 Å². The first-order valence-corrected chi connectivity index (χ1v) is 15.4. The SMILES string of the molecule is Cc1ccc(S(=O)(=O)N(C)C[C@H]2Oc3ccc(NC(=O)Nc4ccc(F)cc4)cc3CC(=O)N([C@@H](C)CO)C[C@@H]2C)cc1. The van der Waals surface area contributed by atoms with E-state index in [0.29, 0.717) is 22.7 Å². The second-order valence-electron chi connectivity index (χ2n) is 10.9. The Balaban J connectivity index is 1.61. The number of anilines is 2. The van der Waals surface area contributed by atoms with E-state index < -0.39 is 34.0 Å². The Morgan fingerprint density at radius 2 is 1.72 bits per heavy atom. The number of nitrogens with zero attached hydrogens (tertiary/aromatic N) is 2. The molecule has 1 heterocycles. The van der Waals surface area contributed by atoms with Crippen LogP contribution in [0, 0.1) is 18.7 Å². The summed E-state index contributed by atoms with van der Waals surface area (Å²) in [6, 6.07) is 15.8. The molecule has 0 saturated carbocycles. The molecule has 3 N–H and O–H groups in total. The molecule has 1 aliphatic heterocycles. The number of hydrogen-bond donors (Lipinski definition) is 3. The Hall–Kier alpha value is -4.00. The number of benzene rings is 3. The zero-order valence-electron chi connectivity index (χ0n) is 24.6. The third-order valence-corrected chi connectivity index (χ3v) is 9.28. The van der Waals surface area contributed by atoms with Gasteiger partial charge in [-0.3, -0.25) is 4.79 Å². The van der Waals surface area contributed by atoms with Gasteiger partial charge in [0.1, 0.15) is 17.7 Å². The molecule has 3 amide bonds. The first-order valence-electron chi connectivity index (χ1n) is 13.9. The van der Waals surface area contributed by atoms with Crippen LogP contribution in [-0.2, 0) is 21.2 Å². The van der Waals surface area contributed by atoms with Crippen molar-refractivity contribution in [3.63, 3.8) is 0 Å². The van der Waals surface area contributed by atoms with Gasteiger partial charge in [0.05, 0.1) is 30.5 Å². The normalized spacial score (nSPS) is 18.1. The quantitative estimate of drug-likeness (QED) is 0.349. The maximum Gasteiger partial charge on any atom is 0.323 e. The van der Waals surface area contributed by atoms with Crippen LogP contribution in [-0.4, -0.2) is 73.6 Å². The molecule has 0 bridgehead atoms. The predicted molar refractivity (Wildman–Crippen MR) is 162 cm³/mol. The molecule has 12 heteroatoms. The number of aryl methyl sites for hydroxylation is 1. The van der Waals surface area contributed by atoms with Crippen LogP contribution >= 0.6 is 0 Å². The van der Waals surface area contributed by atoms with Crippen LogP contribution in [0.3, 0.4) is 0 Å². The summed E-state index contributed by atoms with van der Waals surface area (Å²) < 4.78 is 47.6. The number of fused-ring (bicyclic) bond motifs is 1. The number of aliphatic hydroxyl groups is 1. The molecule has 0 unspecified atom stereocenters. The molecule has 3 atom stereocenters. The van der Waals surface area contributed by atoms with E-state index in [1.54, 1.807) is 54.3 Å². The van der Waals surface area contributed by atoms with Crippen molar-refractivity contribution in [1.29, 1.82) is 0 Å². The fourth-order valence-corrected chi connectivity index (χ4v) is 5.98. The van der Waals surface area contributed by atoms with E-state index in [9.17, 15) is 27.5 Å². The van der Waals surface area contributed by atoms with Gasteiger partial charge < -0.3 is 25.4 Å². The molecular formula is C31H37FN4O6S. The van der Waals surface area contributed by atoms with Crippen LogP contribution in [0.15, 0.2) is 71.6 Å². The number of carbonyl (C=O) groups excluding carboxylic acids is 2. The lowest BCUT2D eigenvalue weighted by Crippen LogP contribution is -2.48. The van der Waals surface area contributed by atoms with Gasteiger partial charge in [-0.15, -0.1) is 0 Å². The van der Waals surface area contributed by atoms with E-state index in [2.05, 4.69) is 10.6 Å². The fourth-order valence-electron chi connectivity index (χ4n) is 4.79. The monoisotopic (exact) mass is 612 g/mol. The summed E-state index contributed by atoms with van der Waals surface area (Å²) in [7, 11) is -2.33. The third-order valence-electron chi connectivity index (χ3n) is 7.44. The number of hydrogen-bond acceptors (Lipinski definition) is 6. The number of ether oxygens (including phenoxy) is 1. The van der Waals surface area contributed by atoms with Gasteiger partial charge in [-0.25, -0.2) is 17.6 Å². The van der Waals surface area contributed by atoms with Crippen LogP contribution in [0.25, 0.3) is 0 Å². The van der Waals surface area contributed by atoms with E-state index in [1.165, 1.54) is 35.6 Å². The lowest BCUT2D eigenvalue weighted by atomic mass is 10.0. The van der Waals surface area contributed by atoms with Crippen LogP contribution in [0.5, 0.6) is 5.75 Å². The largest absolute Gasteiger partial charge is 0.488 e. The summed E-state index contributed by atoms with van der Waals surface area (Å²) in [5.74, 6) is -0.593. The topological polar surface area (TPSA) is 128 Å². The Morgan fingerprint density at radius 1 is 1.09 bits per heavy atom.